The number of nitriles is 1. The largest absolute Gasteiger partial charge is 0.496 e. The zero-order chi connectivity index (χ0) is 13.6. The zero-order valence-corrected chi connectivity index (χ0v) is 11.7. The third-order valence-electron chi connectivity index (χ3n) is 3.64. The minimum Gasteiger partial charge on any atom is -0.399 e. The first-order valence-electron chi connectivity index (χ1n) is 5.82. The van der Waals surface area contributed by atoms with E-state index in [4.69, 9.17) is 26.2 Å². The molecule has 94 valence electrons. The minimum atomic E-state index is -0.526. The van der Waals surface area contributed by atoms with Gasteiger partial charge in [0.2, 0.25) is 0 Å². The summed E-state index contributed by atoms with van der Waals surface area (Å²) in [6.45, 7) is 7.92. The molecule has 0 radical (unpaired) electrons. The van der Waals surface area contributed by atoms with Crippen molar-refractivity contribution < 1.29 is 9.31 Å². The predicted molar refractivity (Wildman–Crippen MR) is 71.9 cm³/mol. The van der Waals surface area contributed by atoms with Crippen LogP contribution in [0.1, 0.15) is 33.3 Å². The van der Waals surface area contributed by atoms with Crippen LogP contribution < -0.4 is 5.46 Å². The fourth-order valence-corrected chi connectivity index (χ4v) is 1.97. The van der Waals surface area contributed by atoms with Crippen LogP contribution >= 0.6 is 11.6 Å². The SMILES string of the molecule is CC1(C)OB(c2ccc(Cl)cc2C#N)OC1(C)C. The van der Waals surface area contributed by atoms with Crippen LogP contribution in [0.3, 0.4) is 0 Å². The molecule has 0 aromatic heterocycles. The van der Waals surface area contributed by atoms with Gasteiger partial charge in [-0.2, -0.15) is 5.26 Å². The molecule has 18 heavy (non-hydrogen) atoms. The molecule has 3 nitrogen and oxygen atoms in total. The zero-order valence-electron chi connectivity index (χ0n) is 11.0. The Hall–Kier alpha value is -1.02. The van der Waals surface area contributed by atoms with Gasteiger partial charge < -0.3 is 9.31 Å². The van der Waals surface area contributed by atoms with Crippen molar-refractivity contribution in [2.75, 3.05) is 0 Å². The van der Waals surface area contributed by atoms with Gasteiger partial charge >= 0.3 is 7.12 Å². The van der Waals surface area contributed by atoms with Crippen molar-refractivity contribution in [1.82, 2.24) is 0 Å². The van der Waals surface area contributed by atoms with Gasteiger partial charge in [-0.15, -0.1) is 0 Å². The van der Waals surface area contributed by atoms with Gasteiger partial charge in [-0.1, -0.05) is 17.7 Å². The molecule has 2 rings (SSSR count). The van der Waals surface area contributed by atoms with E-state index < -0.39 is 18.3 Å². The van der Waals surface area contributed by atoms with E-state index in [1.165, 1.54) is 0 Å². The third kappa shape index (κ3) is 2.14. The summed E-state index contributed by atoms with van der Waals surface area (Å²) in [6, 6.07) is 7.27. The monoisotopic (exact) mass is 263 g/mol. The molecule has 5 heteroatoms. The lowest BCUT2D eigenvalue weighted by Crippen LogP contribution is -2.41. The lowest BCUT2D eigenvalue weighted by atomic mass is 9.76. The molecule has 1 aromatic carbocycles. The summed E-state index contributed by atoms with van der Waals surface area (Å²) in [6.07, 6.45) is 0. The molecule has 0 atom stereocenters. The van der Waals surface area contributed by atoms with Gasteiger partial charge in [0.1, 0.15) is 0 Å². The molecule has 0 saturated carbocycles. The maximum Gasteiger partial charge on any atom is 0.496 e. The summed E-state index contributed by atoms with van der Waals surface area (Å²) in [5.74, 6) is 0. The van der Waals surface area contributed by atoms with Crippen molar-refractivity contribution in [1.29, 1.82) is 5.26 Å². The van der Waals surface area contributed by atoms with Crippen LogP contribution in [-0.2, 0) is 9.31 Å². The molecule has 1 saturated heterocycles. The predicted octanol–water partition coefficient (Wildman–Crippen LogP) is 2.51. The molecule has 1 aliphatic rings. The van der Waals surface area contributed by atoms with Gasteiger partial charge in [-0.05, 0) is 39.8 Å². The first-order chi connectivity index (χ1) is 8.27. The number of hydrogen-bond acceptors (Lipinski definition) is 3. The fourth-order valence-electron chi connectivity index (χ4n) is 1.80. The topological polar surface area (TPSA) is 42.2 Å². The van der Waals surface area contributed by atoms with Crippen molar-refractivity contribution in [3.63, 3.8) is 0 Å². The van der Waals surface area contributed by atoms with E-state index in [1.807, 2.05) is 27.7 Å². The molecule has 0 spiro atoms. The van der Waals surface area contributed by atoms with Crippen molar-refractivity contribution in [2.45, 2.75) is 38.9 Å². The Kier molecular flexibility index (Phi) is 3.18. The van der Waals surface area contributed by atoms with Crippen molar-refractivity contribution in [3.05, 3.63) is 28.8 Å². The Balaban J connectivity index is 2.39. The Labute approximate surface area is 113 Å². The first-order valence-corrected chi connectivity index (χ1v) is 6.20. The highest BCUT2D eigenvalue weighted by molar-refractivity contribution is 6.63. The van der Waals surface area contributed by atoms with E-state index in [0.717, 1.165) is 5.46 Å². The molecule has 1 heterocycles. The summed E-state index contributed by atoms with van der Waals surface area (Å²) < 4.78 is 11.8. The van der Waals surface area contributed by atoms with E-state index in [9.17, 15) is 0 Å². The van der Waals surface area contributed by atoms with Gasteiger partial charge in [0.25, 0.3) is 0 Å². The molecule has 0 bridgehead atoms. The lowest BCUT2D eigenvalue weighted by molar-refractivity contribution is 0.00578. The van der Waals surface area contributed by atoms with Gasteiger partial charge in [0, 0.05) is 10.5 Å². The summed E-state index contributed by atoms with van der Waals surface area (Å²) in [5, 5.41) is 9.68. The normalized spacial score (nSPS) is 20.8. The van der Waals surface area contributed by atoms with Crippen molar-refractivity contribution in [3.8, 4) is 6.07 Å². The highest BCUT2D eigenvalue weighted by Gasteiger charge is 2.52. The summed E-state index contributed by atoms with van der Waals surface area (Å²) in [7, 11) is -0.526. The molecule has 0 unspecified atom stereocenters. The first kappa shape index (κ1) is 13.4. The second-order valence-corrected chi connectivity index (χ2v) is 5.87. The van der Waals surface area contributed by atoms with Gasteiger partial charge in [-0.3, -0.25) is 0 Å². The average molecular weight is 264 g/mol. The minimum absolute atomic E-state index is 0.413. The van der Waals surface area contributed by atoms with Crippen molar-refractivity contribution in [2.24, 2.45) is 0 Å². The Bertz CT molecular complexity index is 506. The molecule has 0 N–H and O–H groups in total. The number of nitrogens with zero attached hydrogens (tertiary/aromatic N) is 1. The molecular weight excluding hydrogens is 248 g/mol. The average Bonchev–Trinajstić information content (AvgIpc) is 2.47. The van der Waals surface area contributed by atoms with Crippen LogP contribution in [0.25, 0.3) is 0 Å². The molecule has 0 amide bonds. The van der Waals surface area contributed by atoms with E-state index >= 15 is 0 Å². The third-order valence-corrected chi connectivity index (χ3v) is 3.88. The molecule has 1 aliphatic heterocycles. The number of benzene rings is 1. The van der Waals surface area contributed by atoms with Gasteiger partial charge in [0.15, 0.2) is 0 Å². The van der Waals surface area contributed by atoms with E-state index in [-0.39, 0.29) is 0 Å². The van der Waals surface area contributed by atoms with Crippen LogP contribution in [0.15, 0.2) is 18.2 Å². The molecular formula is C13H15BClNO2. The van der Waals surface area contributed by atoms with E-state index in [1.54, 1.807) is 18.2 Å². The molecule has 0 aliphatic carbocycles. The maximum absolute atomic E-state index is 9.14. The van der Waals surface area contributed by atoms with Gasteiger partial charge in [-0.25, -0.2) is 0 Å². The second-order valence-electron chi connectivity index (χ2n) is 5.43. The van der Waals surface area contributed by atoms with Crippen LogP contribution in [0, 0.1) is 11.3 Å². The van der Waals surface area contributed by atoms with E-state index in [0.29, 0.717) is 10.6 Å². The van der Waals surface area contributed by atoms with Crippen LogP contribution in [0.2, 0.25) is 5.02 Å². The van der Waals surface area contributed by atoms with Crippen LogP contribution in [0.5, 0.6) is 0 Å². The highest BCUT2D eigenvalue weighted by atomic mass is 35.5. The Morgan fingerprint density at radius 1 is 1.17 bits per heavy atom. The Morgan fingerprint density at radius 2 is 1.72 bits per heavy atom. The smallest absolute Gasteiger partial charge is 0.399 e. The Morgan fingerprint density at radius 3 is 2.22 bits per heavy atom. The van der Waals surface area contributed by atoms with Crippen LogP contribution in [0.4, 0.5) is 0 Å². The van der Waals surface area contributed by atoms with E-state index in [2.05, 4.69) is 6.07 Å². The quantitative estimate of drug-likeness (QED) is 0.731. The van der Waals surface area contributed by atoms with Crippen LogP contribution in [-0.4, -0.2) is 18.3 Å². The molecule has 1 fully saturated rings. The fraction of sp³-hybridized carbons (Fsp3) is 0.462. The number of hydrogen-bond donors (Lipinski definition) is 0. The van der Waals surface area contributed by atoms with Gasteiger partial charge in [0.05, 0.1) is 22.8 Å². The summed E-state index contributed by atoms with van der Waals surface area (Å²) in [5.41, 5.74) is 0.384. The van der Waals surface area contributed by atoms with Crippen molar-refractivity contribution >= 4 is 24.2 Å². The molecule has 1 aromatic rings. The number of halogens is 1. The summed E-state index contributed by atoms with van der Waals surface area (Å²) >= 11 is 5.88. The second kappa shape index (κ2) is 4.27. The standard InChI is InChI=1S/C13H15BClNO2/c1-12(2)13(3,4)18-14(17-12)11-6-5-10(15)7-9(11)8-16/h5-7H,1-4H3. The number of rotatable bonds is 1. The maximum atomic E-state index is 9.14. The lowest BCUT2D eigenvalue weighted by Gasteiger charge is -2.32. The summed E-state index contributed by atoms with van der Waals surface area (Å²) in [4.78, 5) is 0. The highest BCUT2D eigenvalue weighted by Crippen LogP contribution is 2.36.